The fourth-order valence-electron chi connectivity index (χ4n) is 2.20. The van der Waals surface area contributed by atoms with Gasteiger partial charge < -0.3 is 5.32 Å². The van der Waals surface area contributed by atoms with Crippen LogP contribution >= 0.6 is 11.8 Å². The van der Waals surface area contributed by atoms with E-state index in [1.54, 1.807) is 0 Å². The third kappa shape index (κ3) is 2.50. The first-order valence-corrected chi connectivity index (χ1v) is 6.44. The Kier molecular flexibility index (Phi) is 3.33. The molecule has 0 saturated carbocycles. The Morgan fingerprint density at radius 1 is 1.31 bits per heavy atom. The molecule has 3 atom stereocenters. The lowest BCUT2D eigenvalue weighted by Gasteiger charge is -2.25. The van der Waals surface area contributed by atoms with Gasteiger partial charge in [-0.1, -0.05) is 19.1 Å². The highest BCUT2D eigenvalue weighted by molar-refractivity contribution is 8.00. The van der Waals surface area contributed by atoms with Gasteiger partial charge in [0.25, 0.3) is 0 Å². The van der Waals surface area contributed by atoms with Crippen molar-refractivity contribution in [1.82, 2.24) is 5.32 Å². The minimum absolute atomic E-state index is 0.760. The Labute approximate surface area is 85.4 Å². The molecule has 0 aromatic heterocycles. The van der Waals surface area contributed by atoms with Gasteiger partial charge in [0, 0.05) is 17.3 Å². The van der Waals surface area contributed by atoms with Crippen molar-refractivity contribution in [3.63, 3.8) is 0 Å². The lowest BCUT2D eigenvalue weighted by Crippen LogP contribution is -2.41. The zero-order valence-corrected chi connectivity index (χ0v) is 9.15. The van der Waals surface area contributed by atoms with Crippen molar-refractivity contribution >= 4 is 11.8 Å². The van der Waals surface area contributed by atoms with Crippen molar-refractivity contribution < 1.29 is 0 Å². The smallest absolute Gasteiger partial charge is 0.0194 e. The van der Waals surface area contributed by atoms with Gasteiger partial charge in [0.2, 0.25) is 0 Å². The summed E-state index contributed by atoms with van der Waals surface area (Å²) in [7, 11) is 0. The topological polar surface area (TPSA) is 12.0 Å². The second-order valence-corrected chi connectivity index (χ2v) is 5.60. The first-order valence-electron chi connectivity index (χ1n) is 5.39. The van der Waals surface area contributed by atoms with Gasteiger partial charge in [0.05, 0.1) is 0 Å². The monoisotopic (exact) mass is 197 g/mol. The zero-order chi connectivity index (χ0) is 9.10. The van der Waals surface area contributed by atoms with Crippen LogP contribution in [0.1, 0.15) is 32.6 Å². The van der Waals surface area contributed by atoms with E-state index in [0.717, 1.165) is 17.3 Å². The van der Waals surface area contributed by atoms with Crippen LogP contribution in [0.3, 0.4) is 0 Å². The molecule has 0 aromatic carbocycles. The average molecular weight is 197 g/mol. The van der Waals surface area contributed by atoms with Gasteiger partial charge in [-0.05, 0) is 31.4 Å². The lowest BCUT2D eigenvalue weighted by atomic mass is 10.00. The van der Waals surface area contributed by atoms with Gasteiger partial charge >= 0.3 is 0 Å². The van der Waals surface area contributed by atoms with Crippen molar-refractivity contribution in [3.05, 3.63) is 12.2 Å². The van der Waals surface area contributed by atoms with Gasteiger partial charge in [-0.15, -0.1) is 0 Å². The maximum Gasteiger partial charge on any atom is 0.0194 e. The summed E-state index contributed by atoms with van der Waals surface area (Å²) in [6.07, 6.45) is 9.86. The summed E-state index contributed by atoms with van der Waals surface area (Å²) in [5.74, 6) is 1.35. The molecule has 3 unspecified atom stereocenters. The average Bonchev–Trinajstić information content (AvgIpc) is 2.54. The summed E-state index contributed by atoms with van der Waals surface area (Å²) in [6, 6.07) is 1.54. The Hall–Kier alpha value is 0.0500. The van der Waals surface area contributed by atoms with Crippen LogP contribution in [0, 0.1) is 0 Å². The Bertz CT molecular complexity index is 191. The molecule has 13 heavy (non-hydrogen) atoms. The van der Waals surface area contributed by atoms with E-state index in [4.69, 9.17) is 0 Å². The van der Waals surface area contributed by atoms with Crippen LogP contribution in [0.5, 0.6) is 0 Å². The van der Waals surface area contributed by atoms with E-state index in [1.165, 1.54) is 31.4 Å². The van der Waals surface area contributed by atoms with E-state index in [9.17, 15) is 0 Å². The highest BCUT2D eigenvalue weighted by atomic mass is 32.2. The third-order valence-corrected chi connectivity index (χ3v) is 4.42. The van der Waals surface area contributed by atoms with E-state index in [2.05, 4.69) is 36.2 Å². The zero-order valence-electron chi connectivity index (χ0n) is 8.33. The van der Waals surface area contributed by atoms with Crippen molar-refractivity contribution in [1.29, 1.82) is 0 Å². The molecule has 1 aliphatic heterocycles. The van der Waals surface area contributed by atoms with Gasteiger partial charge in [-0.3, -0.25) is 0 Å². The molecule has 2 rings (SSSR count). The van der Waals surface area contributed by atoms with Crippen molar-refractivity contribution in [2.24, 2.45) is 0 Å². The van der Waals surface area contributed by atoms with Crippen LogP contribution in [-0.4, -0.2) is 23.1 Å². The van der Waals surface area contributed by atoms with Crippen LogP contribution < -0.4 is 5.32 Å². The molecule has 1 fully saturated rings. The highest BCUT2D eigenvalue weighted by Gasteiger charge is 2.25. The summed E-state index contributed by atoms with van der Waals surface area (Å²) in [6.45, 7) is 2.36. The minimum atomic E-state index is 0.760. The SMILES string of the molecule is CC1SCCC1NC1CC=CCC1. The van der Waals surface area contributed by atoms with Crippen LogP contribution in [0.2, 0.25) is 0 Å². The van der Waals surface area contributed by atoms with E-state index < -0.39 is 0 Å². The summed E-state index contributed by atoms with van der Waals surface area (Å²) in [5, 5.41) is 4.62. The van der Waals surface area contributed by atoms with Crippen LogP contribution in [0.4, 0.5) is 0 Å². The molecule has 1 N–H and O–H groups in total. The van der Waals surface area contributed by atoms with Crippen molar-refractivity contribution in [2.45, 2.75) is 49.9 Å². The molecule has 1 nitrogen and oxygen atoms in total. The molecular weight excluding hydrogens is 178 g/mol. The van der Waals surface area contributed by atoms with Crippen LogP contribution in [0.25, 0.3) is 0 Å². The fourth-order valence-corrected chi connectivity index (χ4v) is 3.41. The molecule has 0 spiro atoms. The Morgan fingerprint density at radius 3 is 2.85 bits per heavy atom. The number of rotatable bonds is 2. The number of allylic oxidation sites excluding steroid dienone is 1. The first kappa shape index (κ1) is 9.60. The number of hydrogen-bond acceptors (Lipinski definition) is 2. The van der Waals surface area contributed by atoms with E-state index >= 15 is 0 Å². The summed E-state index contributed by atoms with van der Waals surface area (Å²) >= 11 is 2.11. The maximum absolute atomic E-state index is 3.80. The molecular formula is C11H19NS. The number of thioether (sulfide) groups is 1. The summed E-state index contributed by atoms with van der Waals surface area (Å²) in [4.78, 5) is 0. The predicted octanol–water partition coefficient (Wildman–Crippen LogP) is 2.58. The molecule has 1 aliphatic carbocycles. The van der Waals surface area contributed by atoms with E-state index in [-0.39, 0.29) is 0 Å². The second-order valence-electron chi connectivity index (χ2n) is 4.12. The quantitative estimate of drug-likeness (QED) is 0.683. The van der Waals surface area contributed by atoms with Crippen LogP contribution in [-0.2, 0) is 0 Å². The largest absolute Gasteiger partial charge is 0.310 e. The molecule has 74 valence electrons. The van der Waals surface area contributed by atoms with Gasteiger partial charge in [-0.25, -0.2) is 0 Å². The Morgan fingerprint density at radius 2 is 2.23 bits per heavy atom. The van der Waals surface area contributed by atoms with Gasteiger partial charge in [0.1, 0.15) is 0 Å². The molecule has 2 heteroatoms. The van der Waals surface area contributed by atoms with Gasteiger partial charge in [-0.2, -0.15) is 11.8 Å². The highest BCUT2D eigenvalue weighted by Crippen LogP contribution is 2.27. The van der Waals surface area contributed by atoms with Crippen molar-refractivity contribution in [2.75, 3.05) is 5.75 Å². The lowest BCUT2D eigenvalue weighted by molar-refractivity contribution is 0.401. The number of nitrogens with one attached hydrogen (secondary N) is 1. The first-order chi connectivity index (χ1) is 6.36. The number of hydrogen-bond donors (Lipinski definition) is 1. The van der Waals surface area contributed by atoms with Crippen LogP contribution in [0.15, 0.2) is 12.2 Å². The minimum Gasteiger partial charge on any atom is -0.310 e. The Balaban J connectivity index is 1.79. The van der Waals surface area contributed by atoms with E-state index in [0.29, 0.717) is 0 Å². The third-order valence-electron chi connectivity index (χ3n) is 3.10. The molecule has 0 radical (unpaired) electrons. The second kappa shape index (κ2) is 4.52. The summed E-state index contributed by atoms with van der Waals surface area (Å²) in [5.41, 5.74) is 0. The van der Waals surface area contributed by atoms with Crippen molar-refractivity contribution in [3.8, 4) is 0 Å². The standard InChI is InChI=1S/C11H19NS/c1-9-11(7-8-13-9)12-10-5-3-2-4-6-10/h2-3,9-12H,4-8H2,1H3. The summed E-state index contributed by atoms with van der Waals surface area (Å²) < 4.78 is 0. The van der Waals surface area contributed by atoms with E-state index in [1.807, 2.05) is 0 Å². The molecule has 0 amide bonds. The maximum atomic E-state index is 3.80. The predicted molar refractivity (Wildman–Crippen MR) is 60.2 cm³/mol. The van der Waals surface area contributed by atoms with Gasteiger partial charge in [0.15, 0.2) is 0 Å². The fraction of sp³-hybridized carbons (Fsp3) is 0.818. The normalized spacial score (nSPS) is 39.6. The molecule has 1 heterocycles. The molecule has 0 bridgehead atoms. The molecule has 1 saturated heterocycles. The molecule has 0 aromatic rings. The molecule has 2 aliphatic rings.